The highest BCUT2D eigenvalue weighted by Crippen LogP contribution is 2.64. The van der Waals surface area contributed by atoms with Crippen LogP contribution in [0.3, 0.4) is 0 Å². The van der Waals surface area contributed by atoms with Crippen LogP contribution in [0.15, 0.2) is 36.4 Å². The van der Waals surface area contributed by atoms with Crippen LogP contribution in [0.4, 0.5) is 0 Å². The van der Waals surface area contributed by atoms with Gasteiger partial charge in [-0.15, -0.1) is 11.6 Å². The van der Waals surface area contributed by atoms with Gasteiger partial charge in [0.2, 0.25) is 0 Å². The zero-order chi connectivity index (χ0) is 11.2. The van der Waals surface area contributed by atoms with Crippen LogP contribution < -0.4 is 0 Å². The molecular weight excluding hydrogens is 204 g/mol. The molecule has 1 aromatic rings. The van der Waals surface area contributed by atoms with Gasteiger partial charge in [-0.05, 0) is 26.3 Å². The normalized spacial score (nSPS) is 33.9. The molecule has 1 aliphatic rings. The van der Waals surface area contributed by atoms with Crippen molar-refractivity contribution < 1.29 is 0 Å². The Bertz CT molecular complexity index is 404. The molecule has 3 unspecified atom stereocenters. The third kappa shape index (κ3) is 1.72. The molecule has 1 heteroatoms. The average Bonchev–Trinajstić information content (AvgIpc) is 2.69. The summed E-state index contributed by atoms with van der Waals surface area (Å²) in [7, 11) is 0. The summed E-state index contributed by atoms with van der Waals surface area (Å²) in [5, 5.41) is 0. The van der Waals surface area contributed by atoms with Crippen LogP contribution in [0.5, 0.6) is 0 Å². The highest BCUT2D eigenvalue weighted by molar-refractivity contribution is 6.27. The van der Waals surface area contributed by atoms with E-state index >= 15 is 0 Å². The fraction of sp³-hybridized carbons (Fsp3) is 0.429. The predicted molar refractivity (Wildman–Crippen MR) is 66.5 cm³/mol. The van der Waals surface area contributed by atoms with E-state index in [1.54, 1.807) is 0 Å². The van der Waals surface area contributed by atoms with E-state index in [0.717, 1.165) is 0 Å². The topological polar surface area (TPSA) is 0 Å². The SMILES string of the molecule is C=C(C)C1C(c2cccc(C)c2)C1(C)Cl. The van der Waals surface area contributed by atoms with E-state index in [4.69, 9.17) is 11.6 Å². The third-order valence-electron chi connectivity index (χ3n) is 3.37. The first-order valence-electron chi connectivity index (χ1n) is 5.35. The second-order valence-corrected chi connectivity index (χ2v) is 5.68. The maximum absolute atomic E-state index is 6.49. The van der Waals surface area contributed by atoms with Crippen molar-refractivity contribution in [1.29, 1.82) is 0 Å². The van der Waals surface area contributed by atoms with Crippen molar-refractivity contribution in [3.05, 3.63) is 47.5 Å². The largest absolute Gasteiger partial charge is 0.118 e. The van der Waals surface area contributed by atoms with Gasteiger partial charge in [-0.1, -0.05) is 42.0 Å². The fourth-order valence-electron chi connectivity index (χ4n) is 2.63. The Kier molecular flexibility index (Phi) is 2.42. The molecular formula is C14H17Cl. The zero-order valence-electron chi connectivity index (χ0n) is 9.55. The molecule has 0 spiro atoms. The van der Waals surface area contributed by atoms with Crippen LogP contribution in [-0.4, -0.2) is 4.87 Å². The lowest BCUT2D eigenvalue weighted by Crippen LogP contribution is -1.95. The Morgan fingerprint density at radius 1 is 1.47 bits per heavy atom. The Hall–Kier alpha value is -0.750. The van der Waals surface area contributed by atoms with Gasteiger partial charge in [-0.2, -0.15) is 0 Å². The predicted octanol–water partition coefficient (Wildman–Crippen LogP) is 4.28. The van der Waals surface area contributed by atoms with Crippen molar-refractivity contribution in [2.24, 2.45) is 5.92 Å². The minimum atomic E-state index is -0.125. The van der Waals surface area contributed by atoms with Crippen molar-refractivity contribution in [3.63, 3.8) is 0 Å². The number of halogens is 1. The van der Waals surface area contributed by atoms with E-state index in [1.165, 1.54) is 16.7 Å². The van der Waals surface area contributed by atoms with Gasteiger partial charge in [0.25, 0.3) is 0 Å². The molecule has 2 rings (SSSR count). The second kappa shape index (κ2) is 3.38. The molecule has 1 aliphatic carbocycles. The molecule has 0 aromatic heterocycles. The van der Waals surface area contributed by atoms with Crippen molar-refractivity contribution in [3.8, 4) is 0 Å². The van der Waals surface area contributed by atoms with Crippen LogP contribution in [0.2, 0.25) is 0 Å². The van der Waals surface area contributed by atoms with Crippen molar-refractivity contribution in [1.82, 2.24) is 0 Å². The Morgan fingerprint density at radius 3 is 2.60 bits per heavy atom. The lowest BCUT2D eigenvalue weighted by molar-refractivity contribution is 0.894. The summed E-state index contributed by atoms with van der Waals surface area (Å²) < 4.78 is 0. The number of hydrogen-bond donors (Lipinski definition) is 0. The summed E-state index contributed by atoms with van der Waals surface area (Å²) in [6.45, 7) is 10.3. The molecule has 1 saturated carbocycles. The van der Waals surface area contributed by atoms with E-state index in [9.17, 15) is 0 Å². The van der Waals surface area contributed by atoms with Gasteiger partial charge >= 0.3 is 0 Å². The van der Waals surface area contributed by atoms with Crippen LogP contribution in [-0.2, 0) is 0 Å². The first kappa shape index (κ1) is 10.8. The second-order valence-electron chi connectivity index (χ2n) is 4.87. The maximum atomic E-state index is 6.49. The Morgan fingerprint density at radius 2 is 2.13 bits per heavy atom. The molecule has 0 bridgehead atoms. The number of benzene rings is 1. The molecule has 0 nitrogen and oxygen atoms in total. The van der Waals surface area contributed by atoms with E-state index in [-0.39, 0.29) is 4.87 Å². The smallest absolute Gasteiger partial charge is 0.0564 e. The minimum Gasteiger partial charge on any atom is -0.118 e. The van der Waals surface area contributed by atoms with Crippen molar-refractivity contribution in [2.75, 3.05) is 0 Å². The van der Waals surface area contributed by atoms with Crippen LogP contribution in [0, 0.1) is 12.8 Å². The summed E-state index contributed by atoms with van der Waals surface area (Å²) in [6.07, 6.45) is 0. The number of aryl methyl sites for hydroxylation is 1. The quantitative estimate of drug-likeness (QED) is 0.516. The molecule has 0 aliphatic heterocycles. The van der Waals surface area contributed by atoms with Gasteiger partial charge in [-0.25, -0.2) is 0 Å². The Balaban J connectivity index is 2.31. The fourth-order valence-corrected chi connectivity index (χ4v) is 3.13. The summed E-state index contributed by atoms with van der Waals surface area (Å²) in [5.41, 5.74) is 3.84. The lowest BCUT2D eigenvalue weighted by Gasteiger charge is -2.02. The number of alkyl halides is 1. The zero-order valence-corrected chi connectivity index (χ0v) is 10.3. The van der Waals surface area contributed by atoms with Crippen LogP contribution in [0.25, 0.3) is 0 Å². The van der Waals surface area contributed by atoms with Crippen molar-refractivity contribution >= 4 is 11.6 Å². The summed E-state index contributed by atoms with van der Waals surface area (Å²) in [4.78, 5) is -0.125. The summed E-state index contributed by atoms with van der Waals surface area (Å²) in [6, 6.07) is 8.62. The first-order chi connectivity index (χ1) is 6.94. The monoisotopic (exact) mass is 220 g/mol. The standard InChI is InChI=1S/C14H17Cl/c1-9(2)12-13(14(12,4)15)11-7-5-6-10(3)8-11/h5-8,12-13H,1H2,2-4H3. The lowest BCUT2D eigenvalue weighted by atomic mass is 10.0. The minimum absolute atomic E-state index is 0.125. The third-order valence-corrected chi connectivity index (χ3v) is 3.84. The molecule has 15 heavy (non-hydrogen) atoms. The van der Waals surface area contributed by atoms with Gasteiger partial charge in [0.05, 0.1) is 4.87 Å². The molecule has 3 atom stereocenters. The van der Waals surface area contributed by atoms with Gasteiger partial charge < -0.3 is 0 Å². The molecule has 0 radical (unpaired) electrons. The van der Waals surface area contributed by atoms with Gasteiger partial charge in [-0.3, -0.25) is 0 Å². The first-order valence-corrected chi connectivity index (χ1v) is 5.73. The Labute approximate surface area is 97.0 Å². The number of hydrogen-bond acceptors (Lipinski definition) is 0. The van der Waals surface area contributed by atoms with Gasteiger partial charge in [0.15, 0.2) is 0 Å². The molecule has 80 valence electrons. The molecule has 0 N–H and O–H groups in total. The number of rotatable bonds is 2. The van der Waals surface area contributed by atoms with E-state index in [0.29, 0.717) is 11.8 Å². The molecule has 0 saturated heterocycles. The highest BCUT2D eigenvalue weighted by Gasteiger charge is 2.60. The molecule has 0 heterocycles. The number of allylic oxidation sites excluding steroid dienone is 1. The molecule has 0 amide bonds. The van der Waals surface area contributed by atoms with E-state index < -0.39 is 0 Å². The molecule has 1 aromatic carbocycles. The van der Waals surface area contributed by atoms with E-state index in [2.05, 4.69) is 51.6 Å². The van der Waals surface area contributed by atoms with Gasteiger partial charge in [0.1, 0.15) is 0 Å². The van der Waals surface area contributed by atoms with Crippen LogP contribution in [0.1, 0.15) is 30.9 Å². The van der Waals surface area contributed by atoms with Crippen molar-refractivity contribution in [2.45, 2.75) is 31.6 Å². The maximum Gasteiger partial charge on any atom is 0.0564 e. The summed E-state index contributed by atoms with van der Waals surface area (Å²) >= 11 is 6.49. The van der Waals surface area contributed by atoms with Gasteiger partial charge in [0, 0.05) is 11.8 Å². The van der Waals surface area contributed by atoms with Crippen LogP contribution >= 0.6 is 11.6 Å². The summed E-state index contributed by atoms with van der Waals surface area (Å²) in [5.74, 6) is 0.873. The van der Waals surface area contributed by atoms with E-state index in [1.807, 2.05) is 0 Å². The highest BCUT2D eigenvalue weighted by atomic mass is 35.5. The molecule has 1 fully saturated rings. The average molecular weight is 221 g/mol.